The summed E-state index contributed by atoms with van der Waals surface area (Å²) in [5.74, 6) is 0.487. The van der Waals surface area contributed by atoms with E-state index in [1.165, 1.54) is 0 Å². The number of hydrogen-bond acceptors (Lipinski definition) is 3. The minimum absolute atomic E-state index is 0.0746. The van der Waals surface area contributed by atoms with Gasteiger partial charge >= 0.3 is 0 Å². The molecule has 1 amide bonds. The molecule has 0 saturated carbocycles. The van der Waals surface area contributed by atoms with Gasteiger partial charge < -0.3 is 10.6 Å². The van der Waals surface area contributed by atoms with Crippen LogP contribution in [0.4, 0.5) is 11.5 Å². The normalized spacial score (nSPS) is 10.5. The summed E-state index contributed by atoms with van der Waals surface area (Å²) in [5.41, 5.74) is 1.91. The number of nitrogens with one attached hydrogen (secondary N) is 2. The van der Waals surface area contributed by atoms with E-state index in [-0.39, 0.29) is 5.91 Å². The lowest BCUT2D eigenvalue weighted by Gasteiger charge is -2.10. The second kappa shape index (κ2) is 7.22. The largest absolute Gasteiger partial charge is 0.382 e. The van der Waals surface area contributed by atoms with E-state index in [0.29, 0.717) is 18.3 Å². The van der Waals surface area contributed by atoms with Gasteiger partial charge in [0.15, 0.2) is 0 Å². The van der Waals surface area contributed by atoms with Gasteiger partial charge in [0.2, 0.25) is 5.91 Å². The molecule has 0 saturated heterocycles. The Balaban J connectivity index is 1.91. The van der Waals surface area contributed by atoms with Crippen molar-refractivity contribution in [2.24, 2.45) is 0 Å². The minimum Gasteiger partial charge on any atom is -0.382 e. The van der Waals surface area contributed by atoms with E-state index in [1.807, 2.05) is 30.3 Å². The molecule has 1 aromatic carbocycles. The average Bonchev–Trinajstić information content (AvgIpc) is 2.43. The van der Waals surface area contributed by atoms with Crippen LogP contribution in [0.2, 0.25) is 0 Å². The van der Waals surface area contributed by atoms with Crippen LogP contribution < -0.4 is 10.6 Å². The molecule has 1 aromatic heterocycles. The van der Waals surface area contributed by atoms with Crippen molar-refractivity contribution in [1.29, 1.82) is 0 Å². The molecule has 0 spiro atoms. The molecule has 4 nitrogen and oxygen atoms in total. The monoisotopic (exact) mass is 347 g/mol. The standard InChI is InChI=1S/C16H18BrN3O/c1-11(2)19-14-7-8-15(18-10-14)20-16(21)9-12-3-5-13(17)6-4-12/h3-8,10-11,19H,9H2,1-2H3,(H,18,20,21). The number of halogens is 1. The summed E-state index contributed by atoms with van der Waals surface area (Å²) in [6.45, 7) is 4.13. The maximum absolute atomic E-state index is 12.0. The Bertz CT molecular complexity index is 594. The molecule has 5 heteroatoms. The Morgan fingerprint density at radius 3 is 2.48 bits per heavy atom. The Labute approximate surface area is 133 Å². The predicted molar refractivity (Wildman–Crippen MR) is 89.5 cm³/mol. The number of amides is 1. The number of carbonyl (C=O) groups is 1. The number of rotatable bonds is 5. The maximum atomic E-state index is 12.0. The zero-order valence-electron chi connectivity index (χ0n) is 12.1. The molecular formula is C16H18BrN3O. The van der Waals surface area contributed by atoms with Gasteiger partial charge in [-0.1, -0.05) is 28.1 Å². The molecular weight excluding hydrogens is 330 g/mol. The Morgan fingerprint density at radius 2 is 1.90 bits per heavy atom. The fourth-order valence-corrected chi connectivity index (χ4v) is 2.13. The lowest BCUT2D eigenvalue weighted by molar-refractivity contribution is -0.115. The Hall–Kier alpha value is -1.88. The van der Waals surface area contributed by atoms with Gasteiger partial charge in [0.1, 0.15) is 5.82 Å². The fourth-order valence-electron chi connectivity index (χ4n) is 1.86. The molecule has 0 radical (unpaired) electrons. The summed E-state index contributed by atoms with van der Waals surface area (Å²) < 4.78 is 1.00. The van der Waals surface area contributed by atoms with E-state index in [2.05, 4.69) is 45.4 Å². The third-order valence-corrected chi connectivity index (χ3v) is 3.29. The van der Waals surface area contributed by atoms with Gasteiger partial charge in [-0.25, -0.2) is 4.98 Å². The average molecular weight is 348 g/mol. The summed E-state index contributed by atoms with van der Waals surface area (Å²) in [5, 5.41) is 6.05. The quantitative estimate of drug-likeness (QED) is 0.863. The predicted octanol–water partition coefficient (Wildman–Crippen LogP) is 3.85. The van der Waals surface area contributed by atoms with Crippen molar-refractivity contribution >= 4 is 33.3 Å². The number of nitrogens with zero attached hydrogens (tertiary/aromatic N) is 1. The van der Waals surface area contributed by atoms with Gasteiger partial charge in [0, 0.05) is 10.5 Å². The summed E-state index contributed by atoms with van der Waals surface area (Å²) in [6, 6.07) is 11.7. The topological polar surface area (TPSA) is 54.0 Å². The smallest absolute Gasteiger partial charge is 0.229 e. The van der Waals surface area contributed by atoms with Crippen molar-refractivity contribution in [3.05, 3.63) is 52.6 Å². The highest BCUT2D eigenvalue weighted by Crippen LogP contribution is 2.13. The second-order valence-electron chi connectivity index (χ2n) is 5.08. The molecule has 0 bridgehead atoms. The fraction of sp³-hybridized carbons (Fsp3) is 0.250. The zero-order chi connectivity index (χ0) is 15.2. The van der Waals surface area contributed by atoms with Crippen LogP contribution in [-0.4, -0.2) is 16.9 Å². The van der Waals surface area contributed by atoms with Crippen molar-refractivity contribution in [2.45, 2.75) is 26.3 Å². The molecule has 21 heavy (non-hydrogen) atoms. The number of benzene rings is 1. The van der Waals surface area contributed by atoms with Crippen LogP contribution in [0.1, 0.15) is 19.4 Å². The van der Waals surface area contributed by atoms with Crippen molar-refractivity contribution in [3.8, 4) is 0 Å². The molecule has 0 fully saturated rings. The molecule has 110 valence electrons. The van der Waals surface area contributed by atoms with Gasteiger partial charge in [-0.05, 0) is 43.7 Å². The van der Waals surface area contributed by atoms with Crippen LogP contribution in [-0.2, 0) is 11.2 Å². The van der Waals surface area contributed by atoms with Crippen molar-refractivity contribution in [3.63, 3.8) is 0 Å². The molecule has 1 heterocycles. The van der Waals surface area contributed by atoms with Gasteiger partial charge in [0.25, 0.3) is 0 Å². The molecule has 0 aliphatic rings. The van der Waals surface area contributed by atoms with E-state index in [4.69, 9.17) is 0 Å². The summed E-state index contributed by atoms with van der Waals surface area (Å²) in [6.07, 6.45) is 2.05. The van der Waals surface area contributed by atoms with Gasteiger partial charge in [-0.15, -0.1) is 0 Å². The lowest BCUT2D eigenvalue weighted by Crippen LogP contribution is -2.15. The van der Waals surface area contributed by atoms with Crippen molar-refractivity contribution < 1.29 is 4.79 Å². The van der Waals surface area contributed by atoms with Crippen molar-refractivity contribution in [1.82, 2.24) is 4.98 Å². The highest BCUT2D eigenvalue weighted by atomic mass is 79.9. The number of carbonyl (C=O) groups excluding carboxylic acids is 1. The minimum atomic E-state index is -0.0746. The van der Waals surface area contributed by atoms with Crippen LogP contribution >= 0.6 is 15.9 Å². The van der Waals surface area contributed by atoms with Gasteiger partial charge in [-0.2, -0.15) is 0 Å². The molecule has 0 aliphatic carbocycles. The van der Waals surface area contributed by atoms with Crippen LogP contribution in [0, 0.1) is 0 Å². The van der Waals surface area contributed by atoms with Crippen LogP contribution in [0.25, 0.3) is 0 Å². The van der Waals surface area contributed by atoms with E-state index >= 15 is 0 Å². The van der Waals surface area contributed by atoms with E-state index < -0.39 is 0 Å². The van der Waals surface area contributed by atoms with Crippen LogP contribution in [0.15, 0.2) is 47.1 Å². The summed E-state index contributed by atoms with van der Waals surface area (Å²) in [4.78, 5) is 16.2. The Morgan fingerprint density at radius 1 is 1.19 bits per heavy atom. The first-order chi connectivity index (χ1) is 10.0. The SMILES string of the molecule is CC(C)Nc1ccc(NC(=O)Cc2ccc(Br)cc2)nc1. The molecule has 0 unspecified atom stereocenters. The van der Waals surface area contributed by atoms with E-state index in [1.54, 1.807) is 12.3 Å². The third-order valence-electron chi connectivity index (χ3n) is 2.76. The first kappa shape index (κ1) is 15.5. The lowest BCUT2D eigenvalue weighted by atomic mass is 10.1. The third kappa shape index (κ3) is 5.19. The second-order valence-corrected chi connectivity index (χ2v) is 6.00. The first-order valence-electron chi connectivity index (χ1n) is 6.80. The van der Waals surface area contributed by atoms with Crippen LogP contribution in [0.5, 0.6) is 0 Å². The molecule has 0 aliphatic heterocycles. The highest BCUT2D eigenvalue weighted by molar-refractivity contribution is 9.10. The number of pyridine rings is 1. The molecule has 2 aromatic rings. The van der Waals surface area contributed by atoms with Crippen molar-refractivity contribution in [2.75, 3.05) is 10.6 Å². The zero-order valence-corrected chi connectivity index (χ0v) is 13.6. The molecule has 0 atom stereocenters. The van der Waals surface area contributed by atoms with Crippen LogP contribution in [0.3, 0.4) is 0 Å². The van der Waals surface area contributed by atoms with Gasteiger partial charge in [-0.3, -0.25) is 4.79 Å². The van der Waals surface area contributed by atoms with E-state index in [9.17, 15) is 4.79 Å². The number of aromatic nitrogens is 1. The number of hydrogen-bond donors (Lipinski definition) is 2. The summed E-state index contributed by atoms with van der Waals surface area (Å²) >= 11 is 3.37. The van der Waals surface area contributed by atoms with E-state index in [0.717, 1.165) is 15.7 Å². The first-order valence-corrected chi connectivity index (χ1v) is 7.59. The maximum Gasteiger partial charge on any atom is 0.229 e. The summed E-state index contributed by atoms with van der Waals surface area (Å²) in [7, 11) is 0. The highest BCUT2D eigenvalue weighted by Gasteiger charge is 2.05. The van der Waals surface area contributed by atoms with Gasteiger partial charge in [0.05, 0.1) is 18.3 Å². The Kier molecular flexibility index (Phi) is 5.33. The molecule has 2 rings (SSSR count). The number of anilines is 2. The molecule has 2 N–H and O–H groups in total.